The number of rotatable bonds is 8. The Hall–Kier alpha value is -2.38. The second kappa shape index (κ2) is 7.88. The van der Waals surface area contributed by atoms with Crippen LogP contribution in [-0.2, 0) is 9.84 Å². The lowest BCUT2D eigenvalue weighted by molar-refractivity contribution is 0.223. The molecule has 6 nitrogen and oxygen atoms in total. The summed E-state index contributed by atoms with van der Waals surface area (Å²) in [4.78, 5) is 2.49. The van der Waals surface area contributed by atoms with Gasteiger partial charge in [0.1, 0.15) is 12.4 Å². The molecule has 0 bridgehead atoms. The van der Waals surface area contributed by atoms with Gasteiger partial charge in [0.05, 0.1) is 10.4 Å². The van der Waals surface area contributed by atoms with E-state index in [0.717, 1.165) is 19.6 Å². The first kappa shape index (κ1) is 18.4. The summed E-state index contributed by atoms with van der Waals surface area (Å²) in [5, 5.41) is 7.39. The predicted molar refractivity (Wildman–Crippen MR) is 101 cm³/mol. The maximum atomic E-state index is 12.9. The second-order valence-corrected chi connectivity index (χ2v) is 7.79. The number of H-pyrrole nitrogens is 1. The lowest BCUT2D eigenvalue weighted by Gasteiger charge is -2.18. The molecule has 1 aromatic heterocycles. The number of nitrogens with one attached hydrogen (secondary N) is 1. The largest absolute Gasteiger partial charge is 0.492 e. The summed E-state index contributed by atoms with van der Waals surface area (Å²) in [5.74, 6) is 0.635. The monoisotopic (exact) mass is 373 g/mol. The SMILES string of the molecule is CCN(CC)CCOc1ccc2[nH]nc(S(=O)(=O)c3ccccc3)c2c1. The first-order valence-electron chi connectivity index (χ1n) is 8.69. The highest BCUT2D eigenvalue weighted by molar-refractivity contribution is 7.91. The standard InChI is InChI=1S/C19H23N3O3S/c1-3-22(4-2)12-13-25-15-10-11-18-17(14-15)19(21-20-18)26(23,24)16-8-6-5-7-9-16/h5-11,14H,3-4,12-13H2,1-2H3,(H,20,21). The lowest BCUT2D eigenvalue weighted by atomic mass is 10.2. The van der Waals surface area contributed by atoms with Crippen LogP contribution in [0.15, 0.2) is 58.5 Å². The van der Waals surface area contributed by atoms with E-state index in [1.165, 1.54) is 0 Å². The summed E-state index contributed by atoms with van der Waals surface area (Å²) in [6.45, 7) is 7.54. The zero-order valence-corrected chi connectivity index (χ0v) is 15.8. The Labute approximate surface area is 153 Å². The molecule has 0 saturated carbocycles. The highest BCUT2D eigenvalue weighted by Crippen LogP contribution is 2.28. The van der Waals surface area contributed by atoms with Gasteiger partial charge in [-0.05, 0) is 43.4 Å². The van der Waals surface area contributed by atoms with E-state index in [4.69, 9.17) is 4.74 Å². The Morgan fingerprint density at radius 2 is 1.81 bits per heavy atom. The van der Waals surface area contributed by atoms with E-state index in [9.17, 15) is 8.42 Å². The molecular weight excluding hydrogens is 350 g/mol. The van der Waals surface area contributed by atoms with E-state index < -0.39 is 9.84 Å². The maximum absolute atomic E-state index is 12.9. The van der Waals surface area contributed by atoms with Crippen molar-refractivity contribution in [3.8, 4) is 5.75 Å². The number of benzene rings is 2. The van der Waals surface area contributed by atoms with Crippen molar-refractivity contribution in [2.45, 2.75) is 23.8 Å². The zero-order chi connectivity index (χ0) is 18.6. The Kier molecular flexibility index (Phi) is 5.58. The van der Waals surface area contributed by atoms with Crippen LogP contribution in [0.4, 0.5) is 0 Å². The van der Waals surface area contributed by atoms with Crippen molar-refractivity contribution < 1.29 is 13.2 Å². The van der Waals surface area contributed by atoms with Crippen molar-refractivity contribution in [3.05, 3.63) is 48.5 Å². The van der Waals surface area contributed by atoms with Gasteiger partial charge in [-0.25, -0.2) is 8.42 Å². The van der Waals surface area contributed by atoms with Gasteiger partial charge < -0.3 is 9.64 Å². The fraction of sp³-hybridized carbons (Fsp3) is 0.316. The molecule has 0 unspecified atom stereocenters. The summed E-state index contributed by atoms with van der Waals surface area (Å²) < 4.78 is 31.6. The van der Waals surface area contributed by atoms with E-state index in [-0.39, 0.29) is 9.92 Å². The molecule has 1 N–H and O–H groups in total. The van der Waals surface area contributed by atoms with Gasteiger partial charge in [-0.3, -0.25) is 5.10 Å². The number of sulfone groups is 1. The Morgan fingerprint density at radius 3 is 2.50 bits per heavy atom. The fourth-order valence-electron chi connectivity index (χ4n) is 2.81. The second-order valence-electron chi connectivity index (χ2n) is 5.93. The average molecular weight is 373 g/mol. The van der Waals surface area contributed by atoms with Crippen molar-refractivity contribution in [3.63, 3.8) is 0 Å². The average Bonchev–Trinajstić information content (AvgIpc) is 3.10. The molecule has 0 radical (unpaired) electrons. The molecule has 26 heavy (non-hydrogen) atoms. The number of hydrogen-bond acceptors (Lipinski definition) is 5. The fourth-order valence-corrected chi connectivity index (χ4v) is 4.17. The Bertz CT molecular complexity index is 964. The quantitative estimate of drug-likeness (QED) is 0.657. The predicted octanol–water partition coefficient (Wildman–Crippen LogP) is 3.12. The van der Waals surface area contributed by atoms with Crippen LogP contribution in [0.5, 0.6) is 5.75 Å². The van der Waals surface area contributed by atoms with Gasteiger partial charge in [0.2, 0.25) is 9.84 Å². The molecule has 7 heteroatoms. The van der Waals surface area contributed by atoms with Gasteiger partial charge in [-0.1, -0.05) is 32.0 Å². The number of likely N-dealkylation sites (N-methyl/N-ethyl adjacent to an activating group) is 1. The topological polar surface area (TPSA) is 75.3 Å². The van der Waals surface area contributed by atoms with Crippen molar-refractivity contribution in [1.29, 1.82) is 0 Å². The first-order chi connectivity index (χ1) is 12.6. The smallest absolute Gasteiger partial charge is 0.226 e. The van der Waals surface area contributed by atoms with Crippen molar-refractivity contribution in [2.24, 2.45) is 0 Å². The van der Waals surface area contributed by atoms with Crippen LogP contribution in [0.2, 0.25) is 0 Å². The van der Waals surface area contributed by atoms with Crippen LogP contribution in [0.3, 0.4) is 0 Å². The van der Waals surface area contributed by atoms with Gasteiger partial charge in [-0.2, -0.15) is 5.10 Å². The molecule has 0 aliphatic carbocycles. The van der Waals surface area contributed by atoms with Crippen molar-refractivity contribution in [2.75, 3.05) is 26.2 Å². The van der Waals surface area contributed by atoms with E-state index in [2.05, 4.69) is 28.9 Å². The Morgan fingerprint density at radius 1 is 1.08 bits per heavy atom. The minimum absolute atomic E-state index is 0.0212. The number of aromatic nitrogens is 2. The summed E-state index contributed by atoms with van der Waals surface area (Å²) >= 11 is 0. The van der Waals surface area contributed by atoms with Gasteiger partial charge >= 0.3 is 0 Å². The summed E-state index contributed by atoms with van der Waals surface area (Å²) in [5.41, 5.74) is 0.663. The van der Waals surface area contributed by atoms with E-state index in [1.807, 2.05) is 6.07 Å². The lowest BCUT2D eigenvalue weighted by Crippen LogP contribution is -2.27. The van der Waals surface area contributed by atoms with Gasteiger partial charge in [0.15, 0.2) is 5.03 Å². The molecule has 138 valence electrons. The number of hydrogen-bond donors (Lipinski definition) is 1. The van der Waals surface area contributed by atoms with E-state index >= 15 is 0 Å². The summed E-state index contributed by atoms with van der Waals surface area (Å²) in [6.07, 6.45) is 0. The van der Waals surface area contributed by atoms with E-state index in [1.54, 1.807) is 42.5 Å². The minimum atomic E-state index is -3.69. The maximum Gasteiger partial charge on any atom is 0.226 e. The van der Waals surface area contributed by atoms with Crippen LogP contribution in [0.1, 0.15) is 13.8 Å². The van der Waals surface area contributed by atoms with Crippen LogP contribution >= 0.6 is 0 Å². The Balaban J connectivity index is 1.87. The molecule has 0 saturated heterocycles. The molecule has 0 aliphatic rings. The third-order valence-electron chi connectivity index (χ3n) is 4.38. The molecular formula is C19H23N3O3S. The van der Waals surface area contributed by atoms with Gasteiger partial charge in [-0.15, -0.1) is 0 Å². The molecule has 0 atom stereocenters. The van der Waals surface area contributed by atoms with Crippen molar-refractivity contribution >= 4 is 20.7 Å². The van der Waals surface area contributed by atoms with Gasteiger partial charge in [0.25, 0.3) is 0 Å². The minimum Gasteiger partial charge on any atom is -0.492 e. The first-order valence-corrected chi connectivity index (χ1v) is 10.2. The zero-order valence-electron chi connectivity index (χ0n) is 15.0. The van der Waals surface area contributed by atoms with Crippen LogP contribution in [-0.4, -0.2) is 49.8 Å². The number of aromatic amines is 1. The van der Waals surface area contributed by atoms with Crippen LogP contribution in [0.25, 0.3) is 10.9 Å². The molecule has 3 rings (SSSR count). The molecule has 2 aromatic carbocycles. The molecule has 3 aromatic rings. The summed E-state index contributed by atoms with van der Waals surface area (Å²) in [6, 6.07) is 13.7. The molecule has 0 fully saturated rings. The summed E-state index contributed by atoms with van der Waals surface area (Å²) in [7, 11) is -3.69. The third kappa shape index (κ3) is 3.73. The highest BCUT2D eigenvalue weighted by Gasteiger charge is 2.23. The van der Waals surface area contributed by atoms with Crippen molar-refractivity contribution in [1.82, 2.24) is 15.1 Å². The number of ether oxygens (including phenoxy) is 1. The number of fused-ring (bicyclic) bond motifs is 1. The molecule has 0 aliphatic heterocycles. The normalized spacial score (nSPS) is 12.0. The molecule has 1 heterocycles. The van der Waals surface area contributed by atoms with Gasteiger partial charge in [0, 0.05) is 11.9 Å². The third-order valence-corrected chi connectivity index (χ3v) is 6.09. The van der Waals surface area contributed by atoms with Crippen LogP contribution in [0, 0.1) is 0 Å². The van der Waals surface area contributed by atoms with E-state index in [0.29, 0.717) is 23.3 Å². The highest BCUT2D eigenvalue weighted by atomic mass is 32.2. The number of nitrogens with zero attached hydrogens (tertiary/aromatic N) is 2. The molecule has 0 amide bonds. The van der Waals surface area contributed by atoms with Crippen LogP contribution < -0.4 is 4.74 Å². The molecule has 0 spiro atoms.